The van der Waals surface area contributed by atoms with Crippen LogP contribution in [0.1, 0.15) is 44.2 Å². The minimum absolute atomic E-state index is 0.0113. The van der Waals surface area contributed by atoms with Gasteiger partial charge < -0.3 is 10.4 Å². The first kappa shape index (κ1) is 14.7. The van der Waals surface area contributed by atoms with E-state index in [1.807, 2.05) is 31.2 Å². The van der Waals surface area contributed by atoms with Gasteiger partial charge in [0.2, 0.25) is 5.91 Å². The van der Waals surface area contributed by atoms with Gasteiger partial charge in [0.25, 0.3) is 0 Å². The molecular formula is C15H23NO2. The van der Waals surface area contributed by atoms with E-state index in [1.54, 1.807) is 0 Å². The number of unbranched alkanes of at least 4 members (excludes halogenated alkanes) is 1. The zero-order valence-corrected chi connectivity index (χ0v) is 11.3. The van der Waals surface area contributed by atoms with Crippen LogP contribution in [0.3, 0.4) is 0 Å². The monoisotopic (exact) mass is 249 g/mol. The molecule has 0 radical (unpaired) electrons. The summed E-state index contributed by atoms with van der Waals surface area (Å²) in [6.45, 7) is 4.59. The average Bonchev–Trinajstić information content (AvgIpc) is 2.42. The molecule has 0 aliphatic carbocycles. The van der Waals surface area contributed by atoms with Gasteiger partial charge in [-0.3, -0.25) is 4.79 Å². The molecule has 0 aliphatic heterocycles. The van der Waals surface area contributed by atoms with E-state index in [0.717, 1.165) is 30.4 Å². The molecule has 0 saturated carbocycles. The normalized spacial score (nSPS) is 12.2. The van der Waals surface area contributed by atoms with Crippen LogP contribution >= 0.6 is 0 Å². The van der Waals surface area contributed by atoms with Crippen LogP contribution in [0.15, 0.2) is 24.3 Å². The van der Waals surface area contributed by atoms with Crippen LogP contribution in [0.4, 0.5) is 0 Å². The smallest absolute Gasteiger partial charge is 0.223 e. The Morgan fingerprint density at radius 2 is 2.00 bits per heavy atom. The number of carbonyl (C=O) groups is 1. The molecule has 1 rings (SSSR count). The maximum Gasteiger partial charge on any atom is 0.223 e. The number of rotatable bonds is 7. The van der Waals surface area contributed by atoms with Gasteiger partial charge in [-0.2, -0.15) is 0 Å². The van der Waals surface area contributed by atoms with Crippen molar-refractivity contribution < 1.29 is 9.90 Å². The van der Waals surface area contributed by atoms with Crippen molar-refractivity contribution in [3.8, 4) is 0 Å². The summed E-state index contributed by atoms with van der Waals surface area (Å²) in [5, 5.41) is 12.1. The fourth-order valence-electron chi connectivity index (χ4n) is 1.88. The minimum atomic E-state index is 0.0113. The van der Waals surface area contributed by atoms with Crippen LogP contribution in [-0.4, -0.2) is 11.0 Å². The molecular weight excluding hydrogens is 226 g/mol. The minimum Gasteiger partial charge on any atom is -0.392 e. The van der Waals surface area contributed by atoms with E-state index in [0.29, 0.717) is 6.54 Å². The summed E-state index contributed by atoms with van der Waals surface area (Å²) in [6, 6.07) is 7.62. The third kappa shape index (κ3) is 4.49. The zero-order chi connectivity index (χ0) is 13.4. The standard InChI is InChI=1S/C15H23NO2/c1-3-4-7-12(2)15(18)16-10-13-8-5-6-9-14(13)11-17/h5-6,8-9,12,17H,3-4,7,10-11H2,1-2H3,(H,16,18)/t12-/m1/s1. The van der Waals surface area contributed by atoms with E-state index in [9.17, 15) is 9.90 Å². The van der Waals surface area contributed by atoms with Crippen molar-refractivity contribution >= 4 is 5.91 Å². The van der Waals surface area contributed by atoms with E-state index in [-0.39, 0.29) is 18.4 Å². The second-order valence-electron chi connectivity index (χ2n) is 4.69. The van der Waals surface area contributed by atoms with Gasteiger partial charge in [0.15, 0.2) is 0 Å². The summed E-state index contributed by atoms with van der Waals surface area (Å²) >= 11 is 0. The largest absolute Gasteiger partial charge is 0.392 e. The van der Waals surface area contributed by atoms with Crippen LogP contribution < -0.4 is 5.32 Å². The first-order valence-corrected chi connectivity index (χ1v) is 6.64. The van der Waals surface area contributed by atoms with Gasteiger partial charge >= 0.3 is 0 Å². The second-order valence-corrected chi connectivity index (χ2v) is 4.69. The van der Waals surface area contributed by atoms with E-state index >= 15 is 0 Å². The molecule has 0 fully saturated rings. The summed E-state index contributed by atoms with van der Waals surface area (Å²) < 4.78 is 0. The quantitative estimate of drug-likeness (QED) is 0.780. The number of hydrogen-bond donors (Lipinski definition) is 2. The Balaban J connectivity index is 2.46. The van der Waals surface area contributed by atoms with Crippen LogP contribution in [-0.2, 0) is 17.9 Å². The molecule has 2 N–H and O–H groups in total. The van der Waals surface area contributed by atoms with Crippen LogP contribution in [0.2, 0.25) is 0 Å². The molecule has 0 bridgehead atoms. The van der Waals surface area contributed by atoms with E-state index in [2.05, 4.69) is 12.2 Å². The Bertz CT molecular complexity index is 377. The molecule has 100 valence electrons. The van der Waals surface area contributed by atoms with Crippen molar-refractivity contribution in [3.63, 3.8) is 0 Å². The van der Waals surface area contributed by atoms with Gasteiger partial charge in [0.1, 0.15) is 0 Å². The third-order valence-electron chi connectivity index (χ3n) is 3.18. The fourth-order valence-corrected chi connectivity index (χ4v) is 1.88. The van der Waals surface area contributed by atoms with Crippen LogP contribution in [0, 0.1) is 5.92 Å². The first-order valence-electron chi connectivity index (χ1n) is 6.64. The molecule has 1 atom stereocenters. The molecule has 0 saturated heterocycles. The molecule has 0 heterocycles. The molecule has 0 unspecified atom stereocenters. The maximum absolute atomic E-state index is 11.8. The highest BCUT2D eigenvalue weighted by Gasteiger charge is 2.12. The highest BCUT2D eigenvalue weighted by Crippen LogP contribution is 2.10. The Morgan fingerprint density at radius 1 is 1.33 bits per heavy atom. The van der Waals surface area contributed by atoms with E-state index in [1.165, 1.54) is 0 Å². The lowest BCUT2D eigenvalue weighted by atomic mass is 10.0. The van der Waals surface area contributed by atoms with Crippen LogP contribution in [0.5, 0.6) is 0 Å². The highest BCUT2D eigenvalue weighted by molar-refractivity contribution is 5.78. The summed E-state index contributed by atoms with van der Waals surface area (Å²) in [4.78, 5) is 11.8. The summed E-state index contributed by atoms with van der Waals surface area (Å²) in [6.07, 6.45) is 3.14. The number of benzene rings is 1. The number of nitrogens with one attached hydrogen (secondary N) is 1. The highest BCUT2D eigenvalue weighted by atomic mass is 16.3. The lowest BCUT2D eigenvalue weighted by Gasteiger charge is -2.13. The van der Waals surface area contributed by atoms with Gasteiger partial charge in [0, 0.05) is 12.5 Å². The fraction of sp³-hybridized carbons (Fsp3) is 0.533. The molecule has 0 spiro atoms. The molecule has 1 aromatic rings. The Labute approximate surface area is 109 Å². The Hall–Kier alpha value is -1.35. The summed E-state index contributed by atoms with van der Waals surface area (Å²) in [7, 11) is 0. The van der Waals surface area contributed by atoms with Crippen molar-refractivity contribution in [3.05, 3.63) is 35.4 Å². The van der Waals surface area contributed by atoms with Gasteiger partial charge in [-0.1, -0.05) is 51.0 Å². The topological polar surface area (TPSA) is 49.3 Å². The first-order chi connectivity index (χ1) is 8.69. The number of amides is 1. The lowest BCUT2D eigenvalue weighted by molar-refractivity contribution is -0.124. The Morgan fingerprint density at radius 3 is 2.61 bits per heavy atom. The van der Waals surface area contributed by atoms with Crippen molar-refractivity contribution in [1.29, 1.82) is 0 Å². The van der Waals surface area contributed by atoms with Crippen molar-refractivity contribution in [2.24, 2.45) is 5.92 Å². The SMILES string of the molecule is CCCC[C@@H](C)C(=O)NCc1ccccc1CO. The second kappa shape index (κ2) is 7.88. The summed E-state index contributed by atoms with van der Waals surface area (Å²) in [5.74, 6) is 0.155. The van der Waals surface area contributed by atoms with Gasteiger partial charge in [-0.25, -0.2) is 0 Å². The number of aliphatic hydroxyl groups excluding tert-OH is 1. The molecule has 0 aromatic heterocycles. The maximum atomic E-state index is 11.8. The summed E-state index contributed by atoms with van der Waals surface area (Å²) in [5.41, 5.74) is 1.86. The molecule has 3 nitrogen and oxygen atoms in total. The van der Waals surface area contributed by atoms with Crippen LogP contribution in [0.25, 0.3) is 0 Å². The third-order valence-corrected chi connectivity index (χ3v) is 3.18. The molecule has 1 aromatic carbocycles. The van der Waals surface area contributed by atoms with Crippen molar-refractivity contribution in [2.75, 3.05) is 0 Å². The molecule has 0 aliphatic rings. The molecule has 18 heavy (non-hydrogen) atoms. The van der Waals surface area contributed by atoms with Gasteiger partial charge in [0.05, 0.1) is 6.61 Å². The zero-order valence-electron chi connectivity index (χ0n) is 11.3. The molecule has 3 heteroatoms. The Kier molecular flexibility index (Phi) is 6.44. The van der Waals surface area contributed by atoms with E-state index < -0.39 is 0 Å². The number of carbonyl (C=O) groups excluding carboxylic acids is 1. The van der Waals surface area contributed by atoms with Crippen molar-refractivity contribution in [1.82, 2.24) is 5.32 Å². The lowest BCUT2D eigenvalue weighted by Crippen LogP contribution is -2.29. The van der Waals surface area contributed by atoms with E-state index in [4.69, 9.17) is 0 Å². The average molecular weight is 249 g/mol. The predicted molar refractivity (Wildman–Crippen MR) is 72.9 cm³/mol. The van der Waals surface area contributed by atoms with Crippen molar-refractivity contribution in [2.45, 2.75) is 46.3 Å². The number of aliphatic hydroxyl groups is 1. The van der Waals surface area contributed by atoms with Gasteiger partial charge in [-0.05, 0) is 17.5 Å². The predicted octanol–water partition coefficient (Wildman–Crippen LogP) is 2.62. The molecule has 1 amide bonds. The number of hydrogen-bond acceptors (Lipinski definition) is 2. The van der Waals surface area contributed by atoms with Gasteiger partial charge in [-0.15, -0.1) is 0 Å².